The van der Waals surface area contributed by atoms with E-state index >= 15 is 0 Å². The summed E-state index contributed by atoms with van der Waals surface area (Å²) >= 11 is 0. The second-order valence-electron chi connectivity index (χ2n) is 9.81. The largest absolute Gasteiger partial charge is 0.496 e. The first-order valence-electron chi connectivity index (χ1n) is 14.0. The van der Waals surface area contributed by atoms with Gasteiger partial charge in [0.2, 0.25) is 0 Å². The Morgan fingerprint density at radius 2 is 1.58 bits per heavy atom. The number of alkyl halides is 3. The van der Waals surface area contributed by atoms with Crippen molar-refractivity contribution in [1.82, 2.24) is 0 Å². The molecule has 0 saturated heterocycles. The van der Waals surface area contributed by atoms with E-state index < -0.39 is 34.3 Å². The number of hydrogen-bond donors (Lipinski definition) is 0. The zero-order chi connectivity index (χ0) is 31.5. The topological polar surface area (TPSA) is 93.1 Å². The molecule has 2 aromatic rings. The van der Waals surface area contributed by atoms with Crippen molar-refractivity contribution in [2.45, 2.75) is 51.3 Å². The molecule has 0 bridgehead atoms. The Morgan fingerprint density at radius 3 is 2.12 bits per heavy atom. The van der Waals surface area contributed by atoms with Gasteiger partial charge in [-0.05, 0) is 25.0 Å². The fraction of sp³-hybridized carbons (Fsp3) is 0.324. The molecule has 0 amide bonds. The summed E-state index contributed by atoms with van der Waals surface area (Å²) in [5.41, 5.74) is -3.44. The number of nitrogens with zero attached hydrogens (tertiary/aromatic N) is 4. The average Bonchev–Trinajstić information content (AvgIpc) is 3.35. The van der Waals surface area contributed by atoms with Crippen LogP contribution in [0.2, 0.25) is 0 Å². The van der Waals surface area contributed by atoms with Gasteiger partial charge in [0, 0.05) is 41.5 Å². The van der Waals surface area contributed by atoms with E-state index in [9.17, 15) is 29.0 Å². The summed E-state index contributed by atoms with van der Waals surface area (Å²) in [6, 6.07) is 17.5. The number of allylic oxidation sites excluding steroid dienone is 4. The SMILES string of the molecule is CCCCN(CCCC)c1ccc(C=CC=CC2=C(C#N)C(=C(C#N)C#N)OC2(c2ccccc2)C(F)(F)F)c(OC)c1. The van der Waals surface area contributed by atoms with Gasteiger partial charge in [-0.3, -0.25) is 0 Å². The van der Waals surface area contributed by atoms with E-state index in [2.05, 4.69) is 18.7 Å². The lowest BCUT2D eigenvalue weighted by Crippen LogP contribution is -2.43. The maximum Gasteiger partial charge on any atom is 0.437 e. The summed E-state index contributed by atoms with van der Waals surface area (Å²) < 4.78 is 55.8. The minimum Gasteiger partial charge on any atom is -0.496 e. The van der Waals surface area contributed by atoms with Crippen molar-refractivity contribution < 1.29 is 22.6 Å². The van der Waals surface area contributed by atoms with Crippen molar-refractivity contribution in [3.8, 4) is 24.0 Å². The molecule has 2 aromatic carbocycles. The summed E-state index contributed by atoms with van der Waals surface area (Å²) in [6.07, 6.45) is 4.96. The molecule has 222 valence electrons. The third-order valence-electron chi connectivity index (χ3n) is 7.07. The van der Waals surface area contributed by atoms with Crippen LogP contribution in [0.25, 0.3) is 6.08 Å². The van der Waals surface area contributed by atoms with E-state index in [0.29, 0.717) is 11.3 Å². The van der Waals surface area contributed by atoms with Crippen LogP contribution in [0.1, 0.15) is 50.7 Å². The van der Waals surface area contributed by atoms with Gasteiger partial charge in [-0.2, -0.15) is 29.0 Å². The molecule has 43 heavy (non-hydrogen) atoms. The van der Waals surface area contributed by atoms with E-state index in [-0.39, 0.29) is 5.56 Å². The van der Waals surface area contributed by atoms with E-state index in [1.807, 2.05) is 18.2 Å². The normalized spacial score (nSPS) is 16.6. The number of nitriles is 3. The van der Waals surface area contributed by atoms with Crippen LogP contribution in [0.3, 0.4) is 0 Å². The first-order valence-corrected chi connectivity index (χ1v) is 14.0. The Balaban J connectivity index is 2.08. The van der Waals surface area contributed by atoms with Crippen LogP contribution >= 0.6 is 0 Å². The minimum atomic E-state index is -5.04. The first-order chi connectivity index (χ1) is 20.7. The zero-order valence-electron chi connectivity index (χ0n) is 24.4. The number of hydrogen-bond acceptors (Lipinski definition) is 6. The van der Waals surface area contributed by atoms with Gasteiger partial charge >= 0.3 is 6.18 Å². The second kappa shape index (κ2) is 14.8. The summed E-state index contributed by atoms with van der Waals surface area (Å²) in [6.45, 7) is 6.15. The molecule has 1 aliphatic rings. The molecule has 1 atom stereocenters. The fourth-order valence-corrected chi connectivity index (χ4v) is 4.85. The first kappa shape index (κ1) is 32.6. The highest BCUT2D eigenvalue weighted by Crippen LogP contribution is 2.55. The average molecular weight is 587 g/mol. The Bertz CT molecular complexity index is 1510. The molecule has 0 radical (unpaired) electrons. The minimum absolute atomic E-state index is 0.294. The lowest BCUT2D eigenvalue weighted by molar-refractivity contribution is -0.249. The van der Waals surface area contributed by atoms with Crippen LogP contribution in [0.5, 0.6) is 5.75 Å². The molecular weight excluding hydrogens is 553 g/mol. The molecule has 0 aliphatic carbocycles. The molecule has 0 saturated carbocycles. The second-order valence-corrected chi connectivity index (χ2v) is 9.81. The van der Waals surface area contributed by atoms with Gasteiger partial charge < -0.3 is 14.4 Å². The number of anilines is 1. The van der Waals surface area contributed by atoms with Crippen LogP contribution in [0, 0.1) is 34.0 Å². The van der Waals surface area contributed by atoms with Crippen molar-refractivity contribution >= 4 is 11.8 Å². The third kappa shape index (κ3) is 6.93. The highest BCUT2D eigenvalue weighted by atomic mass is 19.4. The van der Waals surface area contributed by atoms with E-state index in [1.165, 1.54) is 36.4 Å². The van der Waals surface area contributed by atoms with E-state index in [0.717, 1.165) is 50.5 Å². The van der Waals surface area contributed by atoms with Gasteiger partial charge in [0.15, 0.2) is 11.3 Å². The van der Waals surface area contributed by atoms with Crippen molar-refractivity contribution in [2.24, 2.45) is 0 Å². The van der Waals surface area contributed by atoms with Gasteiger partial charge in [-0.1, -0.05) is 81.3 Å². The molecule has 9 heteroatoms. The third-order valence-corrected chi connectivity index (χ3v) is 7.07. The van der Waals surface area contributed by atoms with Gasteiger partial charge in [0.25, 0.3) is 5.60 Å². The zero-order valence-corrected chi connectivity index (χ0v) is 24.4. The van der Waals surface area contributed by atoms with Crippen molar-refractivity contribution in [3.05, 3.63) is 100 Å². The summed E-state index contributed by atoms with van der Waals surface area (Å²) in [4.78, 5) is 2.32. The highest BCUT2D eigenvalue weighted by Gasteiger charge is 2.65. The quantitative estimate of drug-likeness (QED) is 0.184. The van der Waals surface area contributed by atoms with Gasteiger partial charge in [-0.15, -0.1) is 0 Å². The number of rotatable bonds is 12. The summed E-state index contributed by atoms with van der Waals surface area (Å²) in [7, 11) is 1.56. The molecule has 6 nitrogen and oxygen atoms in total. The monoisotopic (exact) mass is 586 g/mol. The van der Waals surface area contributed by atoms with Crippen LogP contribution < -0.4 is 9.64 Å². The van der Waals surface area contributed by atoms with Gasteiger partial charge in [-0.25, -0.2) is 0 Å². The predicted molar refractivity (Wildman–Crippen MR) is 159 cm³/mol. The molecular formula is C34H33F3N4O2. The van der Waals surface area contributed by atoms with Crippen molar-refractivity contribution in [3.63, 3.8) is 0 Å². The van der Waals surface area contributed by atoms with Gasteiger partial charge in [0.05, 0.1) is 7.11 Å². The number of methoxy groups -OCH3 is 1. The Labute approximate surface area is 250 Å². The molecule has 0 aromatic heterocycles. The smallest absolute Gasteiger partial charge is 0.437 e. The lowest BCUT2D eigenvalue weighted by Gasteiger charge is -2.33. The van der Waals surface area contributed by atoms with Gasteiger partial charge in [0.1, 0.15) is 29.5 Å². The lowest BCUT2D eigenvalue weighted by atomic mass is 9.84. The summed E-state index contributed by atoms with van der Waals surface area (Å²) in [5, 5.41) is 28.7. The Morgan fingerprint density at radius 1 is 0.953 bits per heavy atom. The predicted octanol–water partition coefficient (Wildman–Crippen LogP) is 8.28. The molecule has 0 N–H and O–H groups in total. The standard InChI is InChI=1S/C34H33F3N4O2/c1-4-6-19-41(20-7-5-2)28-18-17-25(31(21-28)42-3)13-11-12-16-30-29(24-40)32(26(22-38)23-39)43-33(30,34(35,36)37)27-14-9-8-10-15-27/h8-18,21H,4-7,19-20H2,1-3H3. The number of unbranched alkanes of at least 4 members (excludes halogenated alkanes) is 2. The van der Waals surface area contributed by atoms with E-state index in [1.54, 1.807) is 37.5 Å². The summed E-state index contributed by atoms with van der Waals surface area (Å²) in [5.74, 6) is -0.0987. The highest BCUT2D eigenvalue weighted by molar-refractivity contribution is 5.66. The van der Waals surface area contributed by atoms with Crippen LogP contribution in [-0.2, 0) is 10.3 Å². The Hall–Kier alpha value is -4.94. The maximum absolute atomic E-state index is 14.9. The molecule has 1 aliphatic heterocycles. The van der Waals surface area contributed by atoms with Crippen molar-refractivity contribution in [1.29, 1.82) is 15.8 Å². The molecule has 0 spiro atoms. The van der Waals surface area contributed by atoms with Crippen LogP contribution in [0.15, 0.2) is 89.2 Å². The number of ether oxygens (including phenoxy) is 2. The molecule has 0 fully saturated rings. The van der Waals surface area contributed by atoms with Crippen LogP contribution in [0.4, 0.5) is 18.9 Å². The van der Waals surface area contributed by atoms with Crippen molar-refractivity contribution in [2.75, 3.05) is 25.1 Å². The number of benzene rings is 2. The molecule has 1 unspecified atom stereocenters. The number of halogens is 3. The Kier molecular flexibility index (Phi) is 11.2. The van der Waals surface area contributed by atoms with Crippen LogP contribution in [-0.4, -0.2) is 26.4 Å². The maximum atomic E-state index is 14.9. The van der Waals surface area contributed by atoms with E-state index in [4.69, 9.17) is 9.47 Å². The molecule has 1 heterocycles. The molecule has 3 rings (SSSR count). The fourth-order valence-electron chi connectivity index (χ4n) is 4.85.